The molecule has 1 N–H and O–H groups in total. The Morgan fingerprint density at radius 2 is 1.44 bits per heavy atom. The molecule has 1 unspecified atom stereocenters. The predicted octanol–water partition coefficient (Wildman–Crippen LogP) is 10.6. The average Bonchev–Trinajstić information content (AvgIpc) is 3.09. The van der Waals surface area contributed by atoms with Gasteiger partial charge >= 0.3 is 6.09 Å². The molecule has 52 heavy (non-hydrogen) atoms. The Morgan fingerprint density at radius 3 is 1.88 bits per heavy atom. The van der Waals surface area contributed by atoms with Crippen LogP contribution < -0.4 is 0 Å². The lowest BCUT2D eigenvalue weighted by Crippen LogP contribution is -2.40. The maximum Gasteiger partial charge on any atom is 0.410 e. The maximum absolute atomic E-state index is 13.8. The molecule has 0 bridgehead atoms. The van der Waals surface area contributed by atoms with E-state index < -0.39 is 23.7 Å². The number of aromatic nitrogens is 2. The Kier molecular flexibility index (Phi) is 24.4. The second kappa shape index (κ2) is 24.9. The second-order valence-corrected chi connectivity index (χ2v) is 19.2. The summed E-state index contributed by atoms with van der Waals surface area (Å²) in [4.78, 5) is 36.1. The number of aliphatic hydroxyl groups is 1. The fourth-order valence-electron chi connectivity index (χ4n) is 3.65. The summed E-state index contributed by atoms with van der Waals surface area (Å²) in [6.07, 6.45) is 8.83. The number of nitrogens with zero attached hydrogens (tertiary/aromatic N) is 4. The first-order valence-electron chi connectivity index (χ1n) is 18.1. The van der Waals surface area contributed by atoms with Gasteiger partial charge in [0.1, 0.15) is 10.8 Å². The Balaban J connectivity index is 0. The normalized spacial score (nSPS) is 11.7. The molecule has 2 amide bonds. The lowest BCUT2D eigenvalue weighted by Gasteiger charge is -2.40. The predicted molar refractivity (Wildman–Crippen MR) is 221 cm³/mol. The Labute approximate surface area is 321 Å². The number of hydrogen-bond donors (Lipinski definition) is 1. The second-order valence-electron chi connectivity index (χ2n) is 13.9. The van der Waals surface area contributed by atoms with Gasteiger partial charge in [0.15, 0.2) is 0 Å². The number of hydrogen-bond acceptors (Lipinski definition) is 6. The molecule has 2 heterocycles. The summed E-state index contributed by atoms with van der Waals surface area (Å²) in [6.45, 7) is 24.6. The Hall–Kier alpha value is -3.21. The third kappa shape index (κ3) is 19.6. The third-order valence-electron chi connectivity index (χ3n) is 7.48. The van der Waals surface area contributed by atoms with Crippen LogP contribution in [0.2, 0.25) is 5.15 Å². The van der Waals surface area contributed by atoms with E-state index in [2.05, 4.69) is 49.5 Å². The number of carbonyl (C=O) groups excluding carboxylic acids is 2. The first-order valence-corrected chi connectivity index (χ1v) is 21.3. The van der Waals surface area contributed by atoms with Crippen molar-refractivity contribution in [3.05, 3.63) is 94.3 Å². The minimum absolute atomic E-state index is 0.00446. The van der Waals surface area contributed by atoms with Gasteiger partial charge in [-0.3, -0.25) is 4.79 Å². The lowest BCUT2D eigenvalue weighted by atomic mass is 10.1. The molecule has 0 aliphatic rings. The highest BCUT2D eigenvalue weighted by Crippen LogP contribution is 2.48. The Morgan fingerprint density at radius 1 is 0.904 bits per heavy atom. The molecule has 296 valence electrons. The van der Waals surface area contributed by atoms with Crippen molar-refractivity contribution in [3.63, 3.8) is 0 Å². The number of ether oxygens (including phenoxy) is 1. The Bertz CT molecular complexity index is 1410. The number of pyridine rings is 2. The third-order valence-corrected chi connectivity index (χ3v) is 11.4. The highest BCUT2D eigenvalue weighted by molar-refractivity contribution is 8.33. The number of carbonyl (C=O) groups is 2. The zero-order valence-corrected chi connectivity index (χ0v) is 36.4. The zero-order valence-electron chi connectivity index (χ0n) is 34.8. The van der Waals surface area contributed by atoms with Gasteiger partial charge in [-0.15, -0.1) is 0 Å². The first-order chi connectivity index (χ1) is 24.2. The van der Waals surface area contributed by atoms with Gasteiger partial charge in [-0.2, -0.15) is 4.39 Å². The van der Waals surface area contributed by atoms with Crippen molar-refractivity contribution in [1.82, 2.24) is 19.8 Å². The summed E-state index contributed by atoms with van der Waals surface area (Å²) in [5.41, 5.74) is 1.50. The van der Waals surface area contributed by atoms with E-state index in [-0.39, 0.29) is 35.6 Å². The van der Waals surface area contributed by atoms with Crippen molar-refractivity contribution < 1.29 is 23.8 Å². The van der Waals surface area contributed by atoms with Gasteiger partial charge in [0, 0.05) is 42.7 Å². The minimum Gasteiger partial charge on any atom is -0.444 e. The number of benzene rings is 1. The standard InChI is InChI=1S/C28H32ClFN4O4.C7H18S.3C2H6/c1-28(2,3)38-27(37)34(18-23(35)21-11-12-24(29)32-16-21)15-13-19-7-9-20(10-8-19)26(36)33(4)17-22-6-5-14-31-25(22)30;1-7(2,3)8(4,5)6;3*1-2/h5-12,14,16,23,35H,13,15,17-18H2,1-4H3;1-6H3;3*1-2H3. The number of rotatable bonds is 9. The molecule has 11 heteroatoms. The SMILES string of the molecule is CC.CC.CC.CC(C)(C)S(C)(C)C.CN(Cc1cccnc1F)C(=O)c1ccc(CCN(CC(O)c2ccc(Cl)nc2)C(=O)OC(C)(C)C)cc1. The molecule has 0 fully saturated rings. The van der Waals surface area contributed by atoms with E-state index in [0.29, 0.717) is 33.0 Å². The van der Waals surface area contributed by atoms with Crippen LogP contribution in [0.3, 0.4) is 0 Å². The molecule has 0 spiro atoms. The largest absolute Gasteiger partial charge is 0.444 e. The van der Waals surface area contributed by atoms with Gasteiger partial charge in [0.2, 0.25) is 5.95 Å². The molecule has 3 rings (SSSR count). The fraction of sp³-hybridized carbons (Fsp3) is 0.561. The summed E-state index contributed by atoms with van der Waals surface area (Å²) in [5, 5.41) is 11.0. The highest BCUT2D eigenvalue weighted by atomic mass is 35.5. The van der Waals surface area contributed by atoms with Gasteiger partial charge in [-0.25, -0.2) is 24.8 Å². The van der Waals surface area contributed by atoms with Crippen molar-refractivity contribution in [1.29, 1.82) is 0 Å². The molecule has 3 aromatic rings. The lowest BCUT2D eigenvalue weighted by molar-refractivity contribution is 0.0146. The van der Waals surface area contributed by atoms with Crippen LogP contribution in [0.5, 0.6) is 0 Å². The molecule has 1 atom stereocenters. The van der Waals surface area contributed by atoms with Gasteiger partial charge < -0.3 is 19.6 Å². The van der Waals surface area contributed by atoms with E-state index in [9.17, 15) is 19.1 Å². The molecule has 0 saturated carbocycles. The molecule has 0 aliphatic carbocycles. The molecule has 0 aliphatic heterocycles. The van der Waals surface area contributed by atoms with Crippen molar-refractivity contribution in [3.8, 4) is 0 Å². The van der Waals surface area contributed by atoms with Crippen LogP contribution in [0.1, 0.15) is 116 Å². The quantitative estimate of drug-likeness (QED) is 0.218. The maximum atomic E-state index is 13.8. The summed E-state index contributed by atoms with van der Waals surface area (Å²) in [6, 6.07) is 13.4. The van der Waals surface area contributed by atoms with E-state index in [1.165, 1.54) is 22.2 Å². The molecule has 8 nitrogen and oxygen atoms in total. The van der Waals surface area contributed by atoms with E-state index in [1.807, 2.05) is 41.5 Å². The van der Waals surface area contributed by atoms with Crippen LogP contribution in [0.4, 0.5) is 9.18 Å². The molecule has 0 radical (unpaired) electrons. The van der Waals surface area contributed by atoms with Gasteiger partial charge in [0.25, 0.3) is 5.91 Å². The number of amides is 2. The summed E-state index contributed by atoms with van der Waals surface area (Å²) in [5.74, 6) is -0.857. The van der Waals surface area contributed by atoms with E-state index >= 15 is 0 Å². The summed E-state index contributed by atoms with van der Waals surface area (Å²) >= 11 is 5.83. The van der Waals surface area contributed by atoms with Crippen LogP contribution in [-0.4, -0.2) is 86.1 Å². The molecular weight excluding hydrogens is 699 g/mol. The van der Waals surface area contributed by atoms with Crippen molar-refractivity contribution in [2.24, 2.45) is 0 Å². The topological polar surface area (TPSA) is 95.9 Å². The van der Waals surface area contributed by atoms with Crippen molar-refractivity contribution in [2.45, 2.75) is 113 Å². The number of halogens is 2. The monoisotopic (exact) mass is 766 g/mol. The van der Waals surface area contributed by atoms with Gasteiger partial charge in [-0.1, -0.05) is 98.2 Å². The van der Waals surface area contributed by atoms with E-state index in [0.717, 1.165) is 5.56 Å². The average molecular weight is 768 g/mol. The molecular formula is C41H68ClFN4O4S. The first kappa shape index (κ1) is 50.9. The smallest absolute Gasteiger partial charge is 0.410 e. The van der Waals surface area contributed by atoms with E-state index in [1.54, 1.807) is 76.3 Å². The van der Waals surface area contributed by atoms with Crippen molar-refractivity contribution in [2.75, 3.05) is 38.9 Å². The minimum atomic E-state index is -0.979. The highest BCUT2D eigenvalue weighted by Gasteiger charge is 2.25. The van der Waals surface area contributed by atoms with Crippen molar-refractivity contribution >= 4 is 33.6 Å². The fourth-order valence-corrected chi connectivity index (χ4v) is 3.76. The van der Waals surface area contributed by atoms with Crippen LogP contribution in [-0.2, 0) is 17.7 Å². The molecule has 0 saturated heterocycles. The molecule has 1 aromatic carbocycles. The molecule has 2 aromatic heterocycles. The summed E-state index contributed by atoms with van der Waals surface area (Å²) in [7, 11) is 1.26. The number of aliphatic hydroxyl groups excluding tert-OH is 1. The van der Waals surface area contributed by atoms with Crippen LogP contribution in [0.25, 0.3) is 0 Å². The summed E-state index contributed by atoms with van der Waals surface area (Å²) < 4.78 is 19.9. The van der Waals surface area contributed by atoms with Crippen LogP contribution >= 0.6 is 21.6 Å². The van der Waals surface area contributed by atoms with Gasteiger partial charge in [0.05, 0.1) is 19.2 Å². The van der Waals surface area contributed by atoms with Gasteiger partial charge in [-0.05, 0) is 80.5 Å². The van der Waals surface area contributed by atoms with Crippen LogP contribution in [0.15, 0.2) is 60.9 Å². The van der Waals surface area contributed by atoms with E-state index in [4.69, 9.17) is 16.3 Å². The van der Waals surface area contributed by atoms with Crippen LogP contribution in [0, 0.1) is 5.95 Å². The zero-order chi connectivity index (χ0) is 40.9.